The molecule has 1 aromatic heterocycles. The summed E-state index contributed by atoms with van der Waals surface area (Å²) in [6, 6.07) is 8.98. The summed E-state index contributed by atoms with van der Waals surface area (Å²) in [6.07, 6.45) is 1.49. The van der Waals surface area contributed by atoms with E-state index >= 15 is 0 Å². The molecule has 10 heteroatoms. The van der Waals surface area contributed by atoms with E-state index in [-0.39, 0.29) is 11.3 Å². The van der Waals surface area contributed by atoms with Gasteiger partial charge in [-0.15, -0.1) is 10.2 Å². The number of aromatic nitrogens is 3. The van der Waals surface area contributed by atoms with E-state index in [1.165, 1.54) is 24.5 Å². The van der Waals surface area contributed by atoms with Gasteiger partial charge in [0.1, 0.15) is 12.1 Å². The number of nitrogens with zero attached hydrogens (tertiary/aromatic N) is 4. The van der Waals surface area contributed by atoms with E-state index in [1.54, 1.807) is 36.7 Å². The van der Waals surface area contributed by atoms with Gasteiger partial charge in [-0.2, -0.15) is 0 Å². The number of esters is 1. The molecule has 0 amide bonds. The summed E-state index contributed by atoms with van der Waals surface area (Å²) in [5.74, 6) is -0.358. The van der Waals surface area contributed by atoms with Crippen molar-refractivity contribution in [2.45, 2.75) is 17.0 Å². The Balaban J connectivity index is 1.88. The second-order valence-electron chi connectivity index (χ2n) is 5.57. The number of ether oxygens (including phenoxy) is 1. The molecule has 138 valence electrons. The Bertz CT molecular complexity index is 1040. The van der Waals surface area contributed by atoms with Crippen LogP contribution in [-0.4, -0.2) is 25.7 Å². The smallest absolute Gasteiger partial charge is 0.343 e. The molecule has 3 rings (SSSR count). The number of carbonyl (C=O) groups excluding carboxylic acids is 1. The summed E-state index contributed by atoms with van der Waals surface area (Å²) >= 11 is 6.97. The average molecular weight is 405 g/mol. The number of aryl methyl sites for hydroxylation is 2. The third kappa shape index (κ3) is 4.26. The van der Waals surface area contributed by atoms with Gasteiger partial charge < -0.3 is 9.30 Å². The van der Waals surface area contributed by atoms with Crippen molar-refractivity contribution in [3.8, 4) is 5.75 Å². The Kier molecular flexibility index (Phi) is 5.43. The Labute approximate surface area is 163 Å². The van der Waals surface area contributed by atoms with Crippen LogP contribution in [0.15, 0.2) is 52.8 Å². The summed E-state index contributed by atoms with van der Waals surface area (Å²) in [7, 11) is 1.73. The first-order valence-corrected chi connectivity index (χ1v) is 8.83. The fourth-order valence-corrected chi connectivity index (χ4v) is 3.30. The maximum atomic E-state index is 12.4. The molecule has 3 aromatic rings. The van der Waals surface area contributed by atoms with Crippen LogP contribution in [0, 0.1) is 17.0 Å². The molecule has 2 aromatic carbocycles. The van der Waals surface area contributed by atoms with Crippen LogP contribution in [0.2, 0.25) is 5.02 Å². The molecule has 0 spiro atoms. The number of nitro benzene ring substituents is 1. The van der Waals surface area contributed by atoms with E-state index in [2.05, 4.69) is 10.2 Å². The minimum atomic E-state index is -0.696. The predicted molar refractivity (Wildman–Crippen MR) is 99.4 cm³/mol. The Morgan fingerprint density at radius 3 is 2.70 bits per heavy atom. The lowest BCUT2D eigenvalue weighted by Gasteiger charge is -2.08. The van der Waals surface area contributed by atoms with Crippen LogP contribution in [-0.2, 0) is 7.05 Å². The van der Waals surface area contributed by atoms with Crippen LogP contribution in [0.1, 0.15) is 15.9 Å². The van der Waals surface area contributed by atoms with Crippen molar-refractivity contribution in [1.29, 1.82) is 0 Å². The number of benzene rings is 2. The van der Waals surface area contributed by atoms with Gasteiger partial charge in [0.15, 0.2) is 5.16 Å². The lowest BCUT2D eigenvalue weighted by Crippen LogP contribution is -2.10. The zero-order chi connectivity index (χ0) is 19.6. The summed E-state index contributed by atoms with van der Waals surface area (Å²) < 4.78 is 6.97. The van der Waals surface area contributed by atoms with E-state index in [0.29, 0.717) is 26.4 Å². The van der Waals surface area contributed by atoms with Crippen molar-refractivity contribution in [2.75, 3.05) is 0 Å². The summed E-state index contributed by atoms with van der Waals surface area (Å²) in [5, 5.41) is 20.1. The van der Waals surface area contributed by atoms with Crippen LogP contribution >= 0.6 is 23.4 Å². The van der Waals surface area contributed by atoms with Gasteiger partial charge >= 0.3 is 5.97 Å². The lowest BCUT2D eigenvalue weighted by molar-refractivity contribution is -0.387. The highest BCUT2D eigenvalue weighted by molar-refractivity contribution is 7.99. The van der Waals surface area contributed by atoms with E-state index in [0.717, 1.165) is 11.8 Å². The maximum Gasteiger partial charge on any atom is 0.343 e. The van der Waals surface area contributed by atoms with Gasteiger partial charge in [0, 0.05) is 18.1 Å². The third-order valence-corrected chi connectivity index (χ3v) is 4.95. The molecule has 0 aliphatic carbocycles. The van der Waals surface area contributed by atoms with E-state index in [1.807, 2.05) is 0 Å². The lowest BCUT2D eigenvalue weighted by atomic mass is 10.2. The Hall–Kier alpha value is -2.91. The molecule has 0 saturated carbocycles. The fourth-order valence-electron chi connectivity index (χ4n) is 2.22. The predicted octanol–water partition coefficient (Wildman–Crippen LogP) is 4.06. The fraction of sp³-hybridized carbons (Fsp3) is 0.118. The largest absolute Gasteiger partial charge is 0.423 e. The third-order valence-electron chi connectivity index (χ3n) is 3.60. The first kappa shape index (κ1) is 18.9. The highest BCUT2D eigenvalue weighted by Gasteiger charge is 2.21. The van der Waals surface area contributed by atoms with Gasteiger partial charge in [-0.25, -0.2) is 4.79 Å². The van der Waals surface area contributed by atoms with Gasteiger partial charge in [-0.05, 0) is 54.6 Å². The van der Waals surface area contributed by atoms with Crippen molar-refractivity contribution < 1.29 is 14.5 Å². The van der Waals surface area contributed by atoms with E-state index < -0.39 is 10.9 Å². The number of hydrogen-bond donors (Lipinski definition) is 0. The molecule has 8 nitrogen and oxygen atoms in total. The molecule has 0 radical (unpaired) electrons. The van der Waals surface area contributed by atoms with Gasteiger partial charge in [-0.3, -0.25) is 10.1 Å². The maximum absolute atomic E-state index is 12.4. The van der Waals surface area contributed by atoms with Crippen molar-refractivity contribution in [1.82, 2.24) is 14.8 Å². The van der Waals surface area contributed by atoms with E-state index in [4.69, 9.17) is 16.3 Å². The Morgan fingerprint density at radius 2 is 2.07 bits per heavy atom. The minimum absolute atomic E-state index is 0.0679. The molecular formula is C17H13ClN4O4S. The molecular weight excluding hydrogens is 392 g/mol. The van der Waals surface area contributed by atoms with Gasteiger partial charge in [-0.1, -0.05) is 11.6 Å². The van der Waals surface area contributed by atoms with Crippen LogP contribution < -0.4 is 4.74 Å². The molecule has 0 aliphatic rings. The van der Waals surface area contributed by atoms with Gasteiger partial charge in [0.2, 0.25) is 0 Å². The second-order valence-corrected chi connectivity index (χ2v) is 7.01. The number of halogens is 1. The highest BCUT2D eigenvalue weighted by atomic mass is 35.5. The quantitative estimate of drug-likeness (QED) is 0.273. The average Bonchev–Trinajstić information content (AvgIpc) is 3.02. The summed E-state index contributed by atoms with van der Waals surface area (Å²) in [4.78, 5) is 23.6. The van der Waals surface area contributed by atoms with Crippen LogP contribution in [0.25, 0.3) is 0 Å². The monoisotopic (exact) mass is 404 g/mol. The molecule has 0 unspecified atom stereocenters. The molecule has 0 aliphatic heterocycles. The molecule has 0 fully saturated rings. The van der Waals surface area contributed by atoms with Gasteiger partial charge in [0.25, 0.3) is 5.69 Å². The second kappa shape index (κ2) is 7.77. The summed E-state index contributed by atoms with van der Waals surface area (Å²) in [5.41, 5.74) is 0.531. The number of nitro groups is 1. The van der Waals surface area contributed by atoms with Gasteiger partial charge in [0.05, 0.1) is 15.4 Å². The Morgan fingerprint density at radius 1 is 1.30 bits per heavy atom. The van der Waals surface area contributed by atoms with Crippen molar-refractivity contribution >= 4 is 35.0 Å². The standard InChI is InChI=1S/C17H13ClN4O4S/c1-10-7-12(18)4-5-14(10)26-16(23)11-3-6-15(13(8-11)22(24)25)27-17-20-19-9-21(17)2/h3-9H,1-2H3. The SMILES string of the molecule is Cc1cc(Cl)ccc1OC(=O)c1ccc(Sc2nncn2C)c([N+](=O)[O-])c1. The minimum Gasteiger partial charge on any atom is -0.423 e. The zero-order valence-electron chi connectivity index (χ0n) is 14.2. The molecule has 0 saturated heterocycles. The van der Waals surface area contributed by atoms with Crippen LogP contribution in [0.4, 0.5) is 5.69 Å². The van der Waals surface area contributed by atoms with Crippen molar-refractivity contribution in [2.24, 2.45) is 7.05 Å². The first-order chi connectivity index (χ1) is 12.8. The highest BCUT2D eigenvalue weighted by Crippen LogP contribution is 2.34. The van der Waals surface area contributed by atoms with Crippen LogP contribution in [0.3, 0.4) is 0 Å². The summed E-state index contributed by atoms with van der Waals surface area (Å²) in [6.45, 7) is 1.75. The molecule has 0 atom stereocenters. The van der Waals surface area contributed by atoms with Crippen LogP contribution in [0.5, 0.6) is 5.75 Å². The van der Waals surface area contributed by atoms with Crippen molar-refractivity contribution in [3.63, 3.8) is 0 Å². The molecule has 0 bridgehead atoms. The zero-order valence-corrected chi connectivity index (χ0v) is 15.8. The molecule has 1 heterocycles. The van der Waals surface area contributed by atoms with Crippen molar-refractivity contribution in [3.05, 3.63) is 69.0 Å². The topological polar surface area (TPSA) is 100 Å². The normalized spacial score (nSPS) is 10.6. The molecule has 27 heavy (non-hydrogen) atoms. The number of rotatable bonds is 5. The molecule has 0 N–H and O–H groups in total. The first-order valence-electron chi connectivity index (χ1n) is 7.64. The van der Waals surface area contributed by atoms with E-state index in [9.17, 15) is 14.9 Å². The number of carbonyl (C=O) groups is 1. The number of hydrogen-bond acceptors (Lipinski definition) is 7.